The number of likely N-dealkylation sites (tertiary alicyclic amines) is 1. The number of alkyl halides is 3. The van der Waals surface area contributed by atoms with Gasteiger partial charge in [0.15, 0.2) is 0 Å². The fraction of sp³-hybridized carbons (Fsp3) is 0.480. The van der Waals surface area contributed by atoms with Crippen LogP contribution in [0.2, 0.25) is 5.02 Å². The third-order valence-corrected chi connectivity index (χ3v) is 6.48. The Morgan fingerprint density at radius 2 is 2.06 bits per heavy atom. The lowest BCUT2D eigenvalue weighted by molar-refractivity contribution is -0.146. The van der Waals surface area contributed by atoms with E-state index in [0.717, 1.165) is 38.4 Å². The van der Waals surface area contributed by atoms with E-state index in [4.69, 9.17) is 16.3 Å². The minimum absolute atomic E-state index is 0.115. The Kier molecular flexibility index (Phi) is 8.81. The molecule has 2 aromatic heterocycles. The molecule has 0 saturated carbocycles. The number of nitrogens with one attached hydrogen (secondary N) is 2. The van der Waals surface area contributed by atoms with Gasteiger partial charge in [0.25, 0.3) is 0 Å². The van der Waals surface area contributed by atoms with Crippen LogP contribution in [-0.2, 0) is 9.53 Å². The van der Waals surface area contributed by atoms with E-state index in [1.54, 1.807) is 6.07 Å². The van der Waals surface area contributed by atoms with Gasteiger partial charge in [-0.05, 0) is 56.3 Å². The normalized spacial score (nSPS) is 18.8. The van der Waals surface area contributed by atoms with Crippen LogP contribution in [0.3, 0.4) is 0 Å². The molecule has 1 amide bonds. The first-order chi connectivity index (χ1) is 17.2. The zero-order valence-electron chi connectivity index (χ0n) is 19.8. The second-order valence-electron chi connectivity index (χ2n) is 9.12. The van der Waals surface area contributed by atoms with Crippen molar-refractivity contribution in [2.75, 3.05) is 50.0 Å². The fourth-order valence-electron chi connectivity index (χ4n) is 4.42. The Bertz CT molecular complexity index is 1090. The summed E-state index contributed by atoms with van der Waals surface area (Å²) in [4.78, 5) is 22.7. The maximum absolute atomic E-state index is 12.7. The number of aromatic nitrogens is 2. The first-order valence-corrected chi connectivity index (χ1v) is 12.4. The monoisotopic (exact) mass is 523 g/mol. The lowest BCUT2D eigenvalue weighted by Crippen LogP contribution is -2.38. The number of halogens is 4. The summed E-state index contributed by atoms with van der Waals surface area (Å²) in [5.41, 5.74) is 1.89. The van der Waals surface area contributed by atoms with E-state index in [9.17, 15) is 18.0 Å². The number of anilines is 2. The molecule has 194 valence electrons. The van der Waals surface area contributed by atoms with Crippen LogP contribution in [0.25, 0.3) is 11.3 Å². The average molecular weight is 524 g/mol. The molecule has 0 unspecified atom stereocenters. The van der Waals surface area contributed by atoms with Crippen molar-refractivity contribution in [3.63, 3.8) is 0 Å². The number of carbonyl (C=O) groups is 1. The number of carbonyl (C=O) groups excluding carboxylic acids is 1. The van der Waals surface area contributed by atoms with Crippen LogP contribution in [-0.4, -0.2) is 66.3 Å². The van der Waals surface area contributed by atoms with Gasteiger partial charge in [0, 0.05) is 44.1 Å². The first-order valence-electron chi connectivity index (χ1n) is 12.0. The molecule has 2 N–H and O–H groups in total. The Morgan fingerprint density at radius 3 is 2.83 bits per heavy atom. The number of ether oxygens (including phenoxy) is 1. The van der Waals surface area contributed by atoms with Crippen molar-refractivity contribution in [3.05, 3.63) is 47.1 Å². The molecule has 7 nitrogen and oxygen atoms in total. The number of piperidine rings is 1. The molecule has 4 heterocycles. The molecule has 2 aliphatic heterocycles. The highest BCUT2D eigenvalue weighted by Crippen LogP contribution is 2.29. The van der Waals surface area contributed by atoms with E-state index >= 15 is 0 Å². The quantitative estimate of drug-likeness (QED) is 0.488. The van der Waals surface area contributed by atoms with Crippen molar-refractivity contribution in [2.24, 2.45) is 5.92 Å². The van der Waals surface area contributed by atoms with Gasteiger partial charge in [0.2, 0.25) is 5.91 Å². The van der Waals surface area contributed by atoms with E-state index in [1.807, 2.05) is 18.2 Å². The second-order valence-corrected chi connectivity index (χ2v) is 9.52. The topological polar surface area (TPSA) is 79.4 Å². The van der Waals surface area contributed by atoms with Gasteiger partial charge in [0.1, 0.15) is 11.6 Å². The molecule has 2 aromatic rings. The summed E-state index contributed by atoms with van der Waals surface area (Å²) in [7, 11) is 0. The molecule has 4 rings (SSSR count). The molecule has 0 spiro atoms. The Labute approximate surface area is 213 Å². The van der Waals surface area contributed by atoms with Crippen molar-refractivity contribution in [2.45, 2.75) is 31.9 Å². The van der Waals surface area contributed by atoms with Gasteiger partial charge in [-0.2, -0.15) is 13.2 Å². The van der Waals surface area contributed by atoms with Gasteiger partial charge >= 0.3 is 6.18 Å². The predicted molar refractivity (Wildman–Crippen MR) is 133 cm³/mol. The molecule has 0 aromatic carbocycles. The molecule has 2 aliphatic rings. The molecule has 0 atom stereocenters. The van der Waals surface area contributed by atoms with Gasteiger partial charge in [0.05, 0.1) is 17.3 Å². The average Bonchev–Trinajstić information content (AvgIpc) is 2.84. The summed E-state index contributed by atoms with van der Waals surface area (Å²) in [5.74, 6) is 1.10. The first kappa shape index (κ1) is 26.4. The summed E-state index contributed by atoms with van der Waals surface area (Å²) in [6, 6.07) is 7.23. The van der Waals surface area contributed by atoms with Crippen molar-refractivity contribution in [3.8, 4) is 11.3 Å². The summed E-state index contributed by atoms with van der Waals surface area (Å²) < 4.78 is 43.5. The highest BCUT2D eigenvalue weighted by Gasteiger charge is 2.32. The van der Waals surface area contributed by atoms with Crippen molar-refractivity contribution in [1.29, 1.82) is 0 Å². The van der Waals surface area contributed by atoms with Crippen molar-refractivity contribution in [1.82, 2.24) is 14.9 Å². The lowest BCUT2D eigenvalue weighted by Gasteiger charge is -2.29. The Balaban J connectivity index is 1.40. The number of rotatable bonds is 7. The third-order valence-electron chi connectivity index (χ3n) is 6.18. The molecule has 0 bridgehead atoms. The van der Waals surface area contributed by atoms with Gasteiger partial charge in [-0.15, -0.1) is 0 Å². The SMILES string of the molecule is O=C(/C=C1/CCCN(CC(F)(F)F)C1)Nc1cc(-c2cccc(NCC3CCOCC3)n2)c(Cl)cn1. The summed E-state index contributed by atoms with van der Waals surface area (Å²) in [6.07, 6.45) is 1.72. The minimum Gasteiger partial charge on any atom is -0.381 e. The second kappa shape index (κ2) is 12.0. The van der Waals surface area contributed by atoms with E-state index in [-0.39, 0.29) is 12.4 Å². The molecule has 11 heteroatoms. The summed E-state index contributed by atoms with van der Waals surface area (Å²) in [5, 5.41) is 6.45. The van der Waals surface area contributed by atoms with E-state index in [2.05, 4.69) is 20.6 Å². The number of pyridine rings is 2. The van der Waals surface area contributed by atoms with E-state index < -0.39 is 18.6 Å². The maximum atomic E-state index is 12.7. The van der Waals surface area contributed by atoms with E-state index in [1.165, 1.54) is 17.2 Å². The molecule has 0 aliphatic carbocycles. The van der Waals surface area contributed by atoms with Gasteiger partial charge in [-0.3, -0.25) is 9.69 Å². The molecule has 2 saturated heterocycles. The highest BCUT2D eigenvalue weighted by molar-refractivity contribution is 6.33. The highest BCUT2D eigenvalue weighted by atomic mass is 35.5. The molecular formula is C25H29ClF3N5O2. The summed E-state index contributed by atoms with van der Waals surface area (Å²) >= 11 is 6.38. The number of amides is 1. The van der Waals surface area contributed by atoms with Crippen LogP contribution < -0.4 is 10.6 Å². The van der Waals surface area contributed by atoms with Crippen molar-refractivity contribution >= 4 is 29.1 Å². The number of nitrogens with zero attached hydrogens (tertiary/aromatic N) is 3. The zero-order valence-corrected chi connectivity index (χ0v) is 20.5. The molecule has 0 radical (unpaired) electrons. The largest absolute Gasteiger partial charge is 0.401 e. The van der Waals surface area contributed by atoms with Crippen LogP contribution in [0.4, 0.5) is 24.8 Å². The van der Waals surface area contributed by atoms with Gasteiger partial charge < -0.3 is 15.4 Å². The zero-order chi connectivity index (χ0) is 25.5. The Morgan fingerprint density at radius 1 is 1.25 bits per heavy atom. The van der Waals surface area contributed by atoms with E-state index in [0.29, 0.717) is 47.2 Å². The van der Waals surface area contributed by atoms with Crippen LogP contribution in [0, 0.1) is 5.92 Å². The smallest absolute Gasteiger partial charge is 0.381 e. The van der Waals surface area contributed by atoms with Crippen LogP contribution in [0.1, 0.15) is 25.7 Å². The molecule has 36 heavy (non-hydrogen) atoms. The summed E-state index contributed by atoms with van der Waals surface area (Å²) in [6.45, 7) is 1.86. The Hall–Kier alpha value is -2.69. The molecular weight excluding hydrogens is 495 g/mol. The van der Waals surface area contributed by atoms with Gasteiger partial charge in [-0.1, -0.05) is 23.2 Å². The predicted octanol–water partition coefficient (Wildman–Crippen LogP) is 5.16. The standard InChI is InChI=1S/C25H29ClF3N5O2/c26-20-14-31-23(33-24(35)11-18-3-2-8-34(15-18)16-25(27,28)29)12-19(20)21-4-1-5-22(32-21)30-13-17-6-9-36-10-7-17/h1,4-5,11-12,14,17H,2-3,6-10,13,15-16H2,(H,30,32)(H,31,33,35)/b18-11-. The molecule has 2 fully saturated rings. The minimum atomic E-state index is -4.26. The van der Waals surface area contributed by atoms with Crippen LogP contribution in [0.15, 0.2) is 42.1 Å². The van der Waals surface area contributed by atoms with Gasteiger partial charge in [-0.25, -0.2) is 9.97 Å². The van der Waals surface area contributed by atoms with Crippen molar-refractivity contribution < 1.29 is 22.7 Å². The van der Waals surface area contributed by atoms with Crippen LogP contribution in [0.5, 0.6) is 0 Å². The third kappa shape index (κ3) is 7.91. The number of hydrogen-bond acceptors (Lipinski definition) is 6. The maximum Gasteiger partial charge on any atom is 0.401 e. The number of hydrogen-bond donors (Lipinski definition) is 2. The fourth-order valence-corrected chi connectivity index (χ4v) is 4.62. The van der Waals surface area contributed by atoms with Crippen LogP contribution >= 0.6 is 11.6 Å². The lowest BCUT2D eigenvalue weighted by atomic mass is 10.0.